The number of sulfonamides is 1. The van der Waals surface area contributed by atoms with Crippen molar-refractivity contribution in [3.05, 3.63) is 42.5 Å². The second-order valence-electron chi connectivity index (χ2n) is 6.16. The molecule has 1 aliphatic rings. The van der Waals surface area contributed by atoms with Crippen molar-refractivity contribution in [2.24, 2.45) is 5.92 Å². The fraction of sp³-hybridized carbons (Fsp3) is 0.529. The summed E-state index contributed by atoms with van der Waals surface area (Å²) in [5.74, 6) is 0.292. The molecule has 22 heavy (non-hydrogen) atoms. The molecule has 1 aromatic rings. The molecule has 122 valence electrons. The van der Waals surface area contributed by atoms with Crippen LogP contribution in [0.15, 0.2) is 41.8 Å². The minimum atomic E-state index is -3.51. The summed E-state index contributed by atoms with van der Waals surface area (Å²) in [6.45, 7) is 9.69. The second kappa shape index (κ2) is 6.94. The third-order valence-electron chi connectivity index (χ3n) is 4.25. The number of rotatable bonds is 5. The number of ether oxygens (including phenoxy) is 1. The van der Waals surface area contributed by atoms with Gasteiger partial charge in [-0.1, -0.05) is 30.7 Å². The Labute approximate surface area is 133 Å². The van der Waals surface area contributed by atoms with Crippen molar-refractivity contribution in [1.82, 2.24) is 4.72 Å². The van der Waals surface area contributed by atoms with Crippen molar-refractivity contribution in [1.29, 1.82) is 0 Å². The van der Waals surface area contributed by atoms with Crippen LogP contribution in [-0.2, 0) is 14.8 Å². The monoisotopic (exact) mass is 323 g/mol. The Morgan fingerprint density at radius 1 is 1.32 bits per heavy atom. The van der Waals surface area contributed by atoms with Crippen LogP contribution >= 0.6 is 0 Å². The van der Waals surface area contributed by atoms with Gasteiger partial charge >= 0.3 is 0 Å². The van der Waals surface area contributed by atoms with Crippen LogP contribution in [0.2, 0.25) is 0 Å². The van der Waals surface area contributed by atoms with Gasteiger partial charge in [-0.3, -0.25) is 0 Å². The van der Waals surface area contributed by atoms with Gasteiger partial charge in [0.05, 0.1) is 17.1 Å². The molecule has 0 aliphatic carbocycles. The van der Waals surface area contributed by atoms with Crippen LogP contribution in [0, 0.1) is 12.8 Å². The topological polar surface area (TPSA) is 55.4 Å². The minimum Gasteiger partial charge on any atom is -0.373 e. The van der Waals surface area contributed by atoms with Crippen LogP contribution < -0.4 is 4.72 Å². The molecule has 0 radical (unpaired) electrons. The van der Waals surface area contributed by atoms with Crippen molar-refractivity contribution in [3.63, 3.8) is 0 Å². The van der Waals surface area contributed by atoms with Crippen molar-refractivity contribution in [2.45, 2.75) is 56.8 Å². The van der Waals surface area contributed by atoms with Crippen molar-refractivity contribution < 1.29 is 13.2 Å². The first kappa shape index (κ1) is 17.2. The average molecular weight is 323 g/mol. The number of hydrogen-bond donors (Lipinski definition) is 1. The molecule has 0 unspecified atom stereocenters. The number of hydrogen-bond acceptors (Lipinski definition) is 3. The molecule has 1 aromatic carbocycles. The molecule has 0 saturated carbocycles. The van der Waals surface area contributed by atoms with E-state index in [4.69, 9.17) is 4.74 Å². The molecular formula is C17H25NO3S. The smallest absolute Gasteiger partial charge is 0.240 e. The van der Waals surface area contributed by atoms with Crippen molar-refractivity contribution >= 4 is 10.0 Å². The molecule has 0 amide bonds. The summed E-state index contributed by atoms with van der Waals surface area (Å²) in [5.41, 5.74) is 1.04. The normalized spacial score (nSPS) is 29.2. The summed E-state index contributed by atoms with van der Waals surface area (Å²) in [6.07, 6.45) is 3.38. The van der Waals surface area contributed by atoms with Gasteiger partial charge in [0.15, 0.2) is 0 Å². The van der Waals surface area contributed by atoms with E-state index in [9.17, 15) is 8.42 Å². The van der Waals surface area contributed by atoms with E-state index in [1.54, 1.807) is 24.3 Å². The summed E-state index contributed by atoms with van der Waals surface area (Å²) in [6, 6.07) is 6.67. The molecule has 4 atom stereocenters. The van der Waals surface area contributed by atoms with E-state index in [1.807, 2.05) is 19.9 Å². The standard InChI is InChI=1S/C17H25NO3S/c1-5-6-17-13(3)11-16(14(4)21-17)18-22(19,20)15-9-7-12(2)8-10-15/h5,7-10,13-14,16-18H,1,6,11H2,2-4H3/t13-,14+,16+,17-/m0/s1. The molecule has 0 spiro atoms. The maximum absolute atomic E-state index is 12.5. The van der Waals surface area contributed by atoms with E-state index < -0.39 is 10.0 Å². The fourth-order valence-electron chi connectivity index (χ4n) is 2.83. The highest BCUT2D eigenvalue weighted by Crippen LogP contribution is 2.28. The average Bonchev–Trinajstić information content (AvgIpc) is 2.45. The zero-order valence-corrected chi connectivity index (χ0v) is 14.3. The van der Waals surface area contributed by atoms with E-state index in [-0.39, 0.29) is 18.2 Å². The van der Waals surface area contributed by atoms with Gasteiger partial charge in [-0.05, 0) is 44.7 Å². The Hall–Kier alpha value is -1.17. The molecular weight excluding hydrogens is 298 g/mol. The van der Waals surface area contributed by atoms with Crippen molar-refractivity contribution in [2.75, 3.05) is 0 Å². The largest absolute Gasteiger partial charge is 0.373 e. The van der Waals surface area contributed by atoms with Gasteiger partial charge in [0.25, 0.3) is 0 Å². The van der Waals surface area contributed by atoms with Gasteiger partial charge in [0.1, 0.15) is 0 Å². The van der Waals surface area contributed by atoms with Crippen LogP contribution in [0.3, 0.4) is 0 Å². The summed E-state index contributed by atoms with van der Waals surface area (Å²) >= 11 is 0. The molecule has 0 bridgehead atoms. The first-order valence-corrected chi connectivity index (χ1v) is 9.17. The van der Waals surface area contributed by atoms with Gasteiger partial charge < -0.3 is 4.74 Å². The molecule has 1 fully saturated rings. The lowest BCUT2D eigenvalue weighted by Gasteiger charge is -2.39. The molecule has 0 aromatic heterocycles. The maximum atomic E-state index is 12.5. The summed E-state index contributed by atoms with van der Waals surface area (Å²) in [7, 11) is -3.51. The summed E-state index contributed by atoms with van der Waals surface area (Å²) in [5, 5.41) is 0. The Morgan fingerprint density at radius 2 is 1.95 bits per heavy atom. The fourth-order valence-corrected chi connectivity index (χ4v) is 4.15. The molecule has 1 saturated heterocycles. The molecule has 1 aliphatic heterocycles. The third kappa shape index (κ3) is 3.97. The van der Waals surface area contributed by atoms with Crippen LogP contribution in [-0.4, -0.2) is 26.7 Å². The van der Waals surface area contributed by atoms with Crippen LogP contribution in [0.4, 0.5) is 0 Å². The lowest BCUT2D eigenvalue weighted by atomic mass is 9.89. The van der Waals surface area contributed by atoms with Gasteiger partial charge in [0, 0.05) is 6.04 Å². The Kier molecular flexibility index (Phi) is 5.42. The quantitative estimate of drug-likeness (QED) is 0.847. The Balaban J connectivity index is 2.09. The Bertz CT molecular complexity index is 609. The lowest BCUT2D eigenvalue weighted by Crippen LogP contribution is -2.50. The summed E-state index contributed by atoms with van der Waals surface area (Å²) in [4.78, 5) is 0.297. The van der Waals surface area contributed by atoms with Crippen molar-refractivity contribution in [3.8, 4) is 0 Å². The highest BCUT2D eigenvalue weighted by atomic mass is 32.2. The third-order valence-corrected chi connectivity index (χ3v) is 5.76. The van der Waals surface area contributed by atoms with Crippen LogP contribution in [0.25, 0.3) is 0 Å². The van der Waals surface area contributed by atoms with E-state index in [0.29, 0.717) is 10.8 Å². The first-order valence-electron chi connectivity index (χ1n) is 7.69. The summed E-state index contributed by atoms with van der Waals surface area (Å²) < 4.78 is 33.7. The molecule has 4 nitrogen and oxygen atoms in total. The van der Waals surface area contributed by atoms with E-state index in [2.05, 4.69) is 18.2 Å². The molecule has 1 N–H and O–H groups in total. The second-order valence-corrected chi connectivity index (χ2v) is 7.87. The van der Waals surface area contributed by atoms with E-state index in [0.717, 1.165) is 18.4 Å². The maximum Gasteiger partial charge on any atom is 0.240 e. The number of aryl methyl sites for hydroxylation is 1. The van der Waals surface area contributed by atoms with E-state index >= 15 is 0 Å². The molecule has 2 rings (SSSR count). The predicted octanol–water partition coefficient (Wildman–Crippen LogP) is 3.03. The number of nitrogens with one attached hydrogen (secondary N) is 1. The highest BCUT2D eigenvalue weighted by Gasteiger charge is 2.35. The molecule has 5 heteroatoms. The van der Waals surface area contributed by atoms with Gasteiger partial charge in [-0.25, -0.2) is 13.1 Å². The van der Waals surface area contributed by atoms with Crippen LogP contribution in [0.5, 0.6) is 0 Å². The lowest BCUT2D eigenvalue weighted by molar-refractivity contribution is -0.0816. The SMILES string of the molecule is C=CC[C@@H]1O[C@H](C)[C@H](NS(=O)(=O)c2ccc(C)cc2)C[C@@H]1C. The number of benzene rings is 1. The van der Waals surface area contributed by atoms with Gasteiger partial charge in [-0.2, -0.15) is 0 Å². The Morgan fingerprint density at radius 3 is 2.55 bits per heavy atom. The van der Waals surface area contributed by atoms with Gasteiger partial charge in [0.2, 0.25) is 10.0 Å². The predicted molar refractivity (Wildman–Crippen MR) is 88.2 cm³/mol. The molecule has 1 heterocycles. The highest BCUT2D eigenvalue weighted by molar-refractivity contribution is 7.89. The van der Waals surface area contributed by atoms with Gasteiger partial charge in [-0.15, -0.1) is 6.58 Å². The van der Waals surface area contributed by atoms with E-state index in [1.165, 1.54) is 0 Å². The van der Waals surface area contributed by atoms with Crippen LogP contribution in [0.1, 0.15) is 32.3 Å². The first-order chi connectivity index (χ1) is 10.3. The minimum absolute atomic E-state index is 0.118. The zero-order valence-electron chi connectivity index (χ0n) is 13.5. The zero-order chi connectivity index (χ0) is 16.3.